The topological polar surface area (TPSA) is 45.6 Å². The van der Waals surface area contributed by atoms with Crippen LogP contribution in [0.15, 0.2) is 6.33 Å². The smallest absolute Gasteiger partial charge is 0.141 e. The van der Waals surface area contributed by atoms with Gasteiger partial charge in [0.2, 0.25) is 0 Å². The van der Waals surface area contributed by atoms with Crippen LogP contribution in [0.2, 0.25) is 0 Å². The molecular formula is C12H17N4S+. The summed E-state index contributed by atoms with van der Waals surface area (Å²) in [6, 6.07) is 0. The van der Waals surface area contributed by atoms with E-state index in [1.165, 1.54) is 15.8 Å². The first-order valence-electron chi connectivity index (χ1n) is 6.04. The summed E-state index contributed by atoms with van der Waals surface area (Å²) in [6.07, 6.45) is 1.70. The minimum Gasteiger partial charge on any atom is -0.345 e. The van der Waals surface area contributed by atoms with E-state index in [-0.39, 0.29) is 0 Å². The molecule has 0 aliphatic carbocycles. The summed E-state index contributed by atoms with van der Waals surface area (Å²) in [6.45, 7) is 8.83. The van der Waals surface area contributed by atoms with Crippen LogP contribution in [0.1, 0.15) is 10.4 Å². The summed E-state index contributed by atoms with van der Waals surface area (Å²) in [4.78, 5) is 13.8. The molecule has 1 aliphatic rings. The lowest BCUT2D eigenvalue weighted by Crippen LogP contribution is -2.89. The molecule has 5 heteroatoms. The fourth-order valence-electron chi connectivity index (χ4n) is 2.37. The zero-order chi connectivity index (χ0) is 11.8. The number of piperazine rings is 1. The van der Waals surface area contributed by atoms with Crippen LogP contribution >= 0.6 is 11.3 Å². The van der Waals surface area contributed by atoms with Gasteiger partial charge in [-0.3, -0.25) is 0 Å². The van der Waals surface area contributed by atoms with Crippen molar-refractivity contribution in [3.8, 4) is 0 Å². The van der Waals surface area contributed by atoms with E-state index in [0.29, 0.717) is 0 Å². The summed E-state index contributed by atoms with van der Waals surface area (Å²) in [5.74, 6) is 1.13. The average molecular weight is 249 g/mol. The Morgan fingerprint density at radius 3 is 2.76 bits per heavy atom. The Kier molecular flexibility index (Phi) is 2.72. The second kappa shape index (κ2) is 4.23. The fourth-order valence-corrected chi connectivity index (χ4v) is 3.36. The maximum atomic E-state index is 4.51. The van der Waals surface area contributed by atoms with Crippen LogP contribution < -0.4 is 10.2 Å². The third-order valence-corrected chi connectivity index (χ3v) is 4.57. The monoisotopic (exact) mass is 249 g/mol. The van der Waals surface area contributed by atoms with Crippen molar-refractivity contribution < 1.29 is 5.32 Å². The number of fused-ring (bicyclic) bond motifs is 1. The van der Waals surface area contributed by atoms with E-state index >= 15 is 0 Å². The highest BCUT2D eigenvalue weighted by molar-refractivity contribution is 7.18. The number of nitrogens with two attached hydrogens (primary N) is 1. The predicted octanol–water partition coefficient (Wildman–Crippen LogP) is 0.692. The van der Waals surface area contributed by atoms with Crippen LogP contribution in [-0.4, -0.2) is 36.1 Å². The number of aromatic nitrogens is 2. The molecule has 0 bridgehead atoms. The Hall–Kier alpha value is -1.20. The molecule has 2 aromatic heterocycles. The van der Waals surface area contributed by atoms with Gasteiger partial charge >= 0.3 is 0 Å². The minimum atomic E-state index is 1.08. The van der Waals surface area contributed by atoms with Crippen molar-refractivity contribution in [2.75, 3.05) is 31.1 Å². The van der Waals surface area contributed by atoms with Crippen molar-refractivity contribution in [1.82, 2.24) is 9.97 Å². The van der Waals surface area contributed by atoms with Crippen molar-refractivity contribution >= 4 is 27.4 Å². The number of nitrogens with zero attached hydrogens (tertiary/aromatic N) is 3. The zero-order valence-electron chi connectivity index (χ0n) is 10.2. The summed E-state index contributed by atoms with van der Waals surface area (Å²) in [5.41, 5.74) is 1.34. The van der Waals surface area contributed by atoms with E-state index in [4.69, 9.17) is 0 Å². The molecule has 0 spiro atoms. The molecule has 3 rings (SSSR count). The van der Waals surface area contributed by atoms with Gasteiger partial charge in [0.05, 0.1) is 31.6 Å². The molecule has 90 valence electrons. The van der Waals surface area contributed by atoms with Crippen LogP contribution in [0.5, 0.6) is 0 Å². The number of anilines is 1. The largest absolute Gasteiger partial charge is 0.345 e. The number of quaternary nitrogens is 1. The maximum Gasteiger partial charge on any atom is 0.141 e. The molecule has 2 aromatic rings. The molecule has 0 atom stereocenters. The van der Waals surface area contributed by atoms with Gasteiger partial charge in [0, 0.05) is 4.88 Å². The molecule has 3 heterocycles. The number of aryl methyl sites for hydroxylation is 2. The molecular weight excluding hydrogens is 232 g/mol. The van der Waals surface area contributed by atoms with Crippen LogP contribution in [0.3, 0.4) is 0 Å². The van der Waals surface area contributed by atoms with Crippen molar-refractivity contribution in [2.45, 2.75) is 13.8 Å². The lowest BCUT2D eigenvalue weighted by atomic mass is 10.2. The zero-order valence-corrected chi connectivity index (χ0v) is 11.0. The molecule has 0 aromatic carbocycles. The van der Waals surface area contributed by atoms with Crippen molar-refractivity contribution in [3.63, 3.8) is 0 Å². The van der Waals surface area contributed by atoms with Gasteiger partial charge in [-0.15, -0.1) is 11.3 Å². The molecule has 0 radical (unpaired) electrons. The van der Waals surface area contributed by atoms with Gasteiger partial charge in [-0.1, -0.05) is 0 Å². The van der Waals surface area contributed by atoms with Crippen molar-refractivity contribution in [1.29, 1.82) is 0 Å². The quantitative estimate of drug-likeness (QED) is 0.809. The third-order valence-electron chi connectivity index (χ3n) is 3.45. The molecule has 4 nitrogen and oxygen atoms in total. The SMILES string of the molecule is Cc1sc2ncnc(N3CC[NH2+]CC3)c2c1C. The van der Waals surface area contributed by atoms with Gasteiger partial charge < -0.3 is 10.2 Å². The Labute approximate surface area is 105 Å². The maximum absolute atomic E-state index is 4.51. The number of rotatable bonds is 1. The van der Waals surface area contributed by atoms with Crippen LogP contribution in [0.4, 0.5) is 5.82 Å². The summed E-state index contributed by atoms with van der Waals surface area (Å²) in [7, 11) is 0. The van der Waals surface area contributed by atoms with Gasteiger partial charge in [0.15, 0.2) is 0 Å². The molecule has 0 unspecified atom stereocenters. The van der Waals surface area contributed by atoms with E-state index in [9.17, 15) is 0 Å². The van der Waals surface area contributed by atoms with Crippen LogP contribution in [-0.2, 0) is 0 Å². The highest BCUT2D eigenvalue weighted by atomic mass is 32.1. The minimum absolute atomic E-state index is 1.08. The molecule has 1 aliphatic heterocycles. The fraction of sp³-hybridized carbons (Fsp3) is 0.500. The summed E-state index contributed by atoms with van der Waals surface area (Å²) >= 11 is 1.77. The van der Waals surface area contributed by atoms with E-state index < -0.39 is 0 Å². The number of thiophene rings is 1. The third kappa shape index (κ3) is 1.79. The second-order valence-corrected chi connectivity index (χ2v) is 5.72. The molecule has 1 saturated heterocycles. The lowest BCUT2D eigenvalue weighted by molar-refractivity contribution is -0.655. The van der Waals surface area contributed by atoms with Crippen LogP contribution in [0.25, 0.3) is 10.2 Å². The first-order chi connectivity index (χ1) is 8.27. The molecule has 17 heavy (non-hydrogen) atoms. The normalized spacial score (nSPS) is 16.7. The second-order valence-electron chi connectivity index (χ2n) is 4.51. The first-order valence-corrected chi connectivity index (χ1v) is 6.86. The van der Waals surface area contributed by atoms with Gasteiger partial charge in [-0.25, -0.2) is 9.97 Å². The molecule has 2 N–H and O–H groups in total. The number of hydrogen-bond donors (Lipinski definition) is 1. The number of hydrogen-bond acceptors (Lipinski definition) is 4. The average Bonchev–Trinajstić information content (AvgIpc) is 2.66. The van der Waals surface area contributed by atoms with Crippen molar-refractivity contribution in [3.05, 3.63) is 16.8 Å². The Balaban J connectivity index is 2.14. The highest BCUT2D eigenvalue weighted by Crippen LogP contribution is 2.33. The van der Waals surface area contributed by atoms with Gasteiger partial charge in [-0.2, -0.15) is 0 Å². The van der Waals surface area contributed by atoms with E-state index in [0.717, 1.165) is 36.8 Å². The van der Waals surface area contributed by atoms with E-state index in [1.807, 2.05) is 0 Å². The molecule has 1 fully saturated rings. The van der Waals surface area contributed by atoms with E-state index in [1.54, 1.807) is 17.7 Å². The molecule has 0 saturated carbocycles. The van der Waals surface area contributed by atoms with Crippen LogP contribution in [0, 0.1) is 13.8 Å². The first kappa shape index (κ1) is 10.9. The highest BCUT2D eigenvalue weighted by Gasteiger charge is 2.19. The Bertz CT molecular complexity index is 543. The standard InChI is InChI=1S/C12H16N4S/c1-8-9(2)17-12-10(8)11(14-7-15-12)16-5-3-13-4-6-16/h7,13H,3-6H2,1-2H3/p+1. The lowest BCUT2D eigenvalue weighted by Gasteiger charge is -2.26. The van der Waals surface area contributed by atoms with Gasteiger partial charge in [0.1, 0.15) is 17.0 Å². The molecule has 0 amide bonds. The van der Waals surface area contributed by atoms with Gasteiger partial charge in [-0.05, 0) is 19.4 Å². The summed E-state index contributed by atoms with van der Waals surface area (Å²) < 4.78 is 0. The van der Waals surface area contributed by atoms with Gasteiger partial charge in [0.25, 0.3) is 0 Å². The summed E-state index contributed by atoms with van der Waals surface area (Å²) in [5, 5.41) is 3.62. The Morgan fingerprint density at radius 1 is 1.24 bits per heavy atom. The Morgan fingerprint density at radius 2 is 2.00 bits per heavy atom. The van der Waals surface area contributed by atoms with Crippen molar-refractivity contribution in [2.24, 2.45) is 0 Å². The van der Waals surface area contributed by atoms with E-state index in [2.05, 4.69) is 34.0 Å². The predicted molar refractivity (Wildman–Crippen MR) is 70.8 cm³/mol.